The number of likely N-dealkylation sites (tertiary alicyclic amines) is 1. The molecule has 0 saturated carbocycles. The van der Waals surface area contributed by atoms with Crippen molar-refractivity contribution in [1.29, 1.82) is 0 Å². The van der Waals surface area contributed by atoms with Crippen LogP contribution in [0.1, 0.15) is 39.9 Å². The number of benzene rings is 2. The second kappa shape index (κ2) is 9.91. The zero-order valence-electron chi connectivity index (χ0n) is 17.5. The molecule has 0 radical (unpaired) electrons. The lowest BCUT2D eigenvalue weighted by atomic mass is 10.1. The van der Waals surface area contributed by atoms with Crippen molar-refractivity contribution in [3.05, 3.63) is 64.7 Å². The summed E-state index contributed by atoms with van der Waals surface area (Å²) >= 11 is 0. The number of anilines is 1. The first kappa shape index (κ1) is 21.4. The first-order valence-corrected chi connectivity index (χ1v) is 10.2. The summed E-state index contributed by atoms with van der Waals surface area (Å²) in [5.41, 5.74) is 4.24. The number of hydrogen-bond donors (Lipinski definition) is 3. The van der Waals surface area contributed by atoms with Crippen LogP contribution in [0.5, 0.6) is 0 Å². The van der Waals surface area contributed by atoms with Gasteiger partial charge >= 0.3 is 6.03 Å². The van der Waals surface area contributed by atoms with Crippen molar-refractivity contribution in [2.75, 3.05) is 25.0 Å². The van der Waals surface area contributed by atoms with E-state index in [9.17, 15) is 14.4 Å². The van der Waals surface area contributed by atoms with Gasteiger partial charge in [-0.3, -0.25) is 9.59 Å². The van der Waals surface area contributed by atoms with Gasteiger partial charge in [-0.25, -0.2) is 4.79 Å². The van der Waals surface area contributed by atoms with E-state index in [0.717, 1.165) is 42.6 Å². The number of rotatable bonds is 6. The lowest BCUT2D eigenvalue weighted by molar-refractivity contribution is -0.120. The summed E-state index contributed by atoms with van der Waals surface area (Å²) in [6.07, 6.45) is 2.08. The lowest BCUT2D eigenvalue weighted by Gasteiger charge is -2.16. The van der Waals surface area contributed by atoms with E-state index in [1.165, 1.54) is 0 Å². The van der Waals surface area contributed by atoms with Crippen molar-refractivity contribution in [3.8, 4) is 0 Å². The predicted octanol–water partition coefficient (Wildman–Crippen LogP) is 2.98. The van der Waals surface area contributed by atoms with Crippen molar-refractivity contribution in [2.45, 2.75) is 33.2 Å². The molecule has 2 aromatic carbocycles. The quantitative estimate of drug-likeness (QED) is 0.686. The zero-order valence-corrected chi connectivity index (χ0v) is 17.5. The van der Waals surface area contributed by atoms with Gasteiger partial charge in [-0.05, 0) is 67.6 Å². The van der Waals surface area contributed by atoms with Gasteiger partial charge in [0.15, 0.2) is 0 Å². The highest BCUT2D eigenvalue weighted by Crippen LogP contribution is 2.14. The third kappa shape index (κ3) is 5.83. The van der Waals surface area contributed by atoms with Crippen LogP contribution in [0.25, 0.3) is 0 Å². The molecule has 4 amide bonds. The molecule has 1 aliphatic rings. The molecule has 1 saturated heterocycles. The summed E-state index contributed by atoms with van der Waals surface area (Å²) in [7, 11) is 0. The monoisotopic (exact) mass is 408 g/mol. The minimum atomic E-state index is -0.279. The average Bonchev–Trinajstić information content (AvgIpc) is 3.28. The maximum absolute atomic E-state index is 12.2. The van der Waals surface area contributed by atoms with Gasteiger partial charge in [-0.2, -0.15) is 0 Å². The van der Waals surface area contributed by atoms with Gasteiger partial charge in [0.2, 0.25) is 5.91 Å². The van der Waals surface area contributed by atoms with Crippen LogP contribution < -0.4 is 16.0 Å². The molecule has 3 N–H and O–H groups in total. The third-order valence-corrected chi connectivity index (χ3v) is 5.24. The van der Waals surface area contributed by atoms with E-state index in [4.69, 9.17) is 0 Å². The fraction of sp³-hybridized carbons (Fsp3) is 0.348. The number of nitrogens with zero attached hydrogens (tertiary/aromatic N) is 1. The van der Waals surface area contributed by atoms with Crippen molar-refractivity contribution in [1.82, 2.24) is 15.5 Å². The van der Waals surface area contributed by atoms with Crippen LogP contribution in [0.3, 0.4) is 0 Å². The fourth-order valence-electron chi connectivity index (χ4n) is 3.29. The topological polar surface area (TPSA) is 90.5 Å². The average molecular weight is 409 g/mol. The Morgan fingerprint density at radius 1 is 0.933 bits per heavy atom. The molecule has 1 aliphatic heterocycles. The molecular weight excluding hydrogens is 380 g/mol. The molecule has 3 rings (SSSR count). The Labute approximate surface area is 176 Å². The SMILES string of the molecule is Cc1ccc(C(=O)NCC(=O)NCc2cccc(NC(=O)N3CCCC3)c2)cc1C. The molecule has 7 heteroatoms. The zero-order chi connectivity index (χ0) is 21.5. The van der Waals surface area contributed by atoms with Gasteiger partial charge in [0.25, 0.3) is 5.91 Å². The number of urea groups is 1. The highest BCUT2D eigenvalue weighted by atomic mass is 16.2. The van der Waals surface area contributed by atoms with Crippen LogP contribution >= 0.6 is 0 Å². The summed E-state index contributed by atoms with van der Waals surface area (Å²) in [5, 5.41) is 8.32. The molecule has 0 spiro atoms. The number of carbonyl (C=O) groups excluding carboxylic acids is 3. The Kier molecular flexibility index (Phi) is 7.06. The Hall–Kier alpha value is -3.35. The van der Waals surface area contributed by atoms with Gasteiger partial charge in [0.1, 0.15) is 0 Å². The molecule has 158 valence electrons. The van der Waals surface area contributed by atoms with E-state index < -0.39 is 0 Å². The molecule has 2 aromatic rings. The van der Waals surface area contributed by atoms with Gasteiger partial charge in [-0.15, -0.1) is 0 Å². The molecule has 0 aliphatic carbocycles. The van der Waals surface area contributed by atoms with E-state index in [-0.39, 0.29) is 24.4 Å². The van der Waals surface area contributed by atoms with Gasteiger partial charge in [-0.1, -0.05) is 18.2 Å². The predicted molar refractivity (Wildman–Crippen MR) is 116 cm³/mol. The molecule has 1 heterocycles. The maximum atomic E-state index is 12.2. The summed E-state index contributed by atoms with van der Waals surface area (Å²) in [5.74, 6) is -0.557. The number of nitrogens with one attached hydrogen (secondary N) is 3. The van der Waals surface area contributed by atoms with E-state index in [0.29, 0.717) is 17.8 Å². The second-order valence-electron chi connectivity index (χ2n) is 7.58. The lowest BCUT2D eigenvalue weighted by Crippen LogP contribution is -2.36. The summed E-state index contributed by atoms with van der Waals surface area (Å²) < 4.78 is 0. The smallest absolute Gasteiger partial charge is 0.321 e. The molecular formula is C23H28N4O3. The summed E-state index contributed by atoms with van der Waals surface area (Å²) in [4.78, 5) is 38.3. The number of aryl methyl sites for hydroxylation is 2. The van der Waals surface area contributed by atoms with E-state index in [2.05, 4.69) is 16.0 Å². The van der Waals surface area contributed by atoms with Crippen molar-refractivity contribution in [3.63, 3.8) is 0 Å². The number of carbonyl (C=O) groups is 3. The molecule has 0 unspecified atom stereocenters. The van der Waals surface area contributed by atoms with Crippen LogP contribution in [0.15, 0.2) is 42.5 Å². The molecule has 0 aromatic heterocycles. The first-order chi connectivity index (χ1) is 14.4. The van der Waals surface area contributed by atoms with E-state index in [1.54, 1.807) is 11.0 Å². The summed E-state index contributed by atoms with van der Waals surface area (Å²) in [6.45, 7) is 5.71. The van der Waals surface area contributed by atoms with Crippen molar-refractivity contribution >= 4 is 23.5 Å². The van der Waals surface area contributed by atoms with Gasteiger partial charge in [0, 0.05) is 30.9 Å². The van der Waals surface area contributed by atoms with Crippen LogP contribution in [0.4, 0.5) is 10.5 Å². The second-order valence-corrected chi connectivity index (χ2v) is 7.58. The molecule has 0 bridgehead atoms. The highest BCUT2D eigenvalue weighted by molar-refractivity contribution is 5.96. The number of hydrogen-bond acceptors (Lipinski definition) is 3. The highest BCUT2D eigenvalue weighted by Gasteiger charge is 2.17. The van der Waals surface area contributed by atoms with Crippen molar-refractivity contribution < 1.29 is 14.4 Å². The molecule has 30 heavy (non-hydrogen) atoms. The molecule has 1 fully saturated rings. The fourth-order valence-corrected chi connectivity index (χ4v) is 3.29. The van der Waals surface area contributed by atoms with Crippen LogP contribution in [0, 0.1) is 13.8 Å². The van der Waals surface area contributed by atoms with Gasteiger partial charge in [0.05, 0.1) is 6.54 Å². The first-order valence-electron chi connectivity index (χ1n) is 10.2. The Bertz CT molecular complexity index is 936. The third-order valence-electron chi connectivity index (χ3n) is 5.24. The Balaban J connectivity index is 1.45. The molecule has 7 nitrogen and oxygen atoms in total. The maximum Gasteiger partial charge on any atom is 0.321 e. The van der Waals surface area contributed by atoms with Crippen molar-refractivity contribution in [2.24, 2.45) is 0 Å². The normalized spacial score (nSPS) is 13.1. The van der Waals surface area contributed by atoms with E-state index in [1.807, 2.05) is 50.2 Å². The Morgan fingerprint density at radius 3 is 2.43 bits per heavy atom. The minimum absolute atomic E-state index is 0.0947. The largest absolute Gasteiger partial charge is 0.350 e. The minimum Gasteiger partial charge on any atom is -0.350 e. The van der Waals surface area contributed by atoms with Crippen LogP contribution in [0.2, 0.25) is 0 Å². The van der Waals surface area contributed by atoms with E-state index >= 15 is 0 Å². The van der Waals surface area contributed by atoms with Crippen LogP contribution in [-0.4, -0.2) is 42.4 Å². The van der Waals surface area contributed by atoms with Gasteiger partial charge < -0.3 is 20.9 Å². The summed E-state index contributed by atoms with van der Waals surface area (Å²) in [6, 6.07) is 12.7. The molecule has 0 atom stereocenters. The number of amides is 4. The van der Waals surface area contributed by atoms with Crippen LogP contribution in [-0.2, 0) is 11.3 Å². The standard InChI is InChI=1S/C23H28N4O3/c1-16-8-9-19(12-17(16)2)22(29)25-15-21(28)24-14-18-6-5-7-20(13-18)26-23(30)27-10-3-4-11-27/h5-9,12-13H,3-4,10-11,14-15H2,1-2H3,(H,24,28)(H,25,29)(H,26,30). The Morgan fingerprint density at radius 2 is 1.70 bits per heavy atom.